The van der Waals surface area contributed by atoms with Crippen LogP contribution in [-0.2, 0) is 57.6 Å². The number of rotatable bonds is 15. The third-order valence-electron chi connectivity index (χ3n) is 13.9. The standard InChI is InChI=1S/C53H72N8O9/c1-11-60-43-18-17-35-27-39(43)40(48(60)38-15-12-19-54-46(38)33(4)69-10)28-53(5,6)31-70-52(67)41-16-13-21-61(56-41)50(65)42(25-34-23-36(35)26-37(62)24-34)55-49(64)47(32(2)3)58(8)45(63)30-57(7)51(66)44-29-59(44)20-14-22-68-9/h12,15,17-19,23-24,26-27,32-33,41-42,44,47,56,62H,11,13-14,16,20-22,25,28-31H2,1-10H3,(H,55,64)/t33-,41-,42-,44+,47-,59?/m0/s1. The van der Waals surface area contributed by atoms with Crippen LogP contribution in [0.4, 0.5) is 0 Å². The van der Waals surface area contributed by atoms with E-state index in [9.17, 15) is 29.1 Å². The number of carbonyl (C=O) groups excluding carboxylic acids is 5. The smallest absolute Gasteiger partial charge is 0.324 e. The molecule has 6 atom stereocenters. The lowest BCUT2D eigenvalue weighted by Crippen LogP contribution is -2.62. The zero-order valence-electron chi connectivity index (χ0n) is 42.5. The molecule has 1 unspecified atom stereocenters. The quantitative estimate of drug-likeness (QED) is 0.0813. The topological polar surface area (TPSA) is 188 Å². The number of aromatic nitrogens is 2. The van der Waals surface area contributed by atoms with Crippen molar-refractivity contribution in [1.29, 1.82) is 0 Å². The lowest BCUT2D eigenvalue weighted by molar-refractivity contribution is -0.155. The Kier molecular flexibility index (Phi) is 16.4. The van der Waals surface area contributed by atoms with Crippen molar-refractivity contribution in [2.24, 2.45) is 11.3 Å². The molecule has 2 aromatic heterocycles. The highest BCUT2D eigenvalue weighted by molar-refractivity contribution is 5.96. The van der Waals surface area contributed by atoms with Crippen molar-refractivity contribution in [1.82, 2.24) is 40.0 Å². The summed E-state index contributed by atoms with van der Waals surface area (Å²) in [7, 11) is 6.42. The summed E-state index contributed by atoms with van der Waals surface area (Å²) in [5.74, 6) is -2.55. The summed E-state index contributed by atoms with van der Waals surface area (Å²) in [4.78, 5) is 79.9. The van der Waals surface area contributed by atoms with E-state index >= 15 is 0 Å². The SMILES string of the molecule is CCn1c(-c2cccnc2[C@H](C)OC)c2c3cc(ccc31)-c1cc(O)cc(c1)C[C@H](NC(=O)[C@H](C(C)C)N(C)C(=O)CN(C)C(=O)[C@H]1CN1CCCOC)C(=O)N1CCC[C@H](N1)C(=O)OCC(C)(C)C2. The molecule has 2 saturated heterocycles. The highest BCUT2D eigenvalue weighted by Gasteiger charge is 2.43. The van der Waals surface area contributed by atoms with Gasteiger partial charge < -0.3 is 39.0 Å². The Morgan fingerprint density at radius 2 is 1.83 bits per heavy atom. The molecule has 3 aliphatic rings. The van der Waals surface area contributed by atoms with E-state index in [1.165, 1.54) is 21.9 Å². The van der Waals surface area contributed by atoms with Crippen LogP contribution < -0.4 is 10.7 Å². The van der Waals surface area contributed by atoms with Crippen molar-refractivity contribution in [2.45, 2.75) is 110 Å². The molecular formula is C53H72N8O9. The first-order valence-corrected chi connectivity index (χ1v) is 24.6. The van der Waals surface area contributed by atoms with Gasteiger partial charge in [-0.05, 0) is 104 Å². The largest absolute Gasteiger partial charge is 0.508 e. The van der Waals surface area contributed by atoms with Gasteiger partial charge in [0.1, 0.15) is 29.9 Å². The molecule has 5 heterocycles. The van der Waals surface area contributed by atoms with Gasteiger partial charge in [-0.2, -0.15) is 0 Å². The molecule has 3 aliphatic heterocycles. The number of methoxy groups -OCH3 is 2. The number of hydrogen-bond acceptors (Lipinski definition) is 12. The monoisotopic (exact) mass is 965 g/mol. The summed E-state index contributed by atoms with van der Waals surface area (Å²) in [5, 5.41) is 16.7. The van der Waals surface area contributed by atoms with E-state index in [1.807, 2.05) is 43.9 Å². The van der Waals surface area contributed by atoms with Crippen molar-refractivity contribution in [3.63, 3.8) is 0 Å². The molecule has 0 aliphatic carbocycles. The van der Waals surface area contributed by atoms with Crippen LogP contribution in [-0.4, -0.2) is 156 Å². The molecule has 17 nitrogen and oxygen atoms in total. The molecule has 2 fully saturated rings. The van der Waals surface area contributed by atoms with E-state index in [2.05, 4.69) is 54.3 Å². The summed E-state index contributed by atoms with van der Waals surface area (Å²) in [6, 6.07) is 12.1. The maximum atomic E-state index is 14.8. The number of hydrogen-bond donors (Lipinski definition) is 3. The van der Waals surface area contributed by atoms with Gasteiger partial charge in [0.25, 0.3) is 5.91 Å². The molecule has 3 N–H and O–H groups in total. The maximum Gasteiger partial charge on any atom is 0.324 e. The summed E-state index contributed by atoms with van der Waals surface area (Å²) < 4.78 is 19.4. The predicted molar refractivity (Wildman–Crippen MR) is 266 cm³/mol. The van der Waals surface area contributed by atoms with Crippen LogP contribution in [0.5, 0.6) is 5.75 Å². The van der Waals surface area contributed by atoms with Crippen molar-refractivity contribution in [2.75, 3.05) is 67.7 Å². The van der Waals surface area contributed by atoms with Gasteiger partial charge in [0.05, 0.1) is 30.6 Å². The summed E-state index contributed by atoms with van der Waals surface area (Å²) >= 11 is 0. The Balaban J connectivity index is 1.24. The van der Waals surface area contributed by atoms with Crippen LogP contribution in [0, 0.1) is 11.3 Å². The van der Waals surface area contributed by atoms with Gasteiger partial charge in [0.2, 0.25) is 17.7 Å². The molecule has 7 rings (SSSR count). The molecular weight excluding hydrogens is 893 g/mol. The second-order valence-corrected chi connectivity index (χ2v) is 20.3. The zero-order chi connectivity index (χ0) is 50.6. The first-order chi connectivity index (χ1) is 33.4. The van der Waals surface area contributed by atoms with Gasteiger partial charge in [0.15, 0.2) is 0 Å². The number of pyridine rings is 1. The highest BCUT2D eigenvalue weighted by atomic mass is 16.5. The summed E-state index contributed by atoms with van der Waals surface area (Å²) in [6.45, 7) is 14.6. The second-order valence-electron chi connectivity index (χ2n) is 20.3. The Morgan fingerprint density at radius 3 is 2.54 bits per heavy atom. The van der Waals surface area contributed by atoms with E-state index in [0.29, 0.717) is 50.1 Å². The number of aryl methyl sites for hydroxylation is 1. The van der Waals surface area contributed by atoms with Crippen LogP contribution in [0.1, 0.15) is 83.7 Å². The molecule has 0 saturated carbocycles. The molecule has 0 spiro atoms. The first-order valence-electron chi connectivity index (χ1n) is 24.6. The molecule has 70 heavy (non-hydrogen) atoms. The van der Waals surface area contributed by atoms with Crippen molar-refractivity contribution in [3.05, 3.63) is 71.5 Å². The van der Waals surface area contributed by atoms with Gasteiger partial charge in [-0.3, -0.25) is 38.9 Å². The number of carbonyl (C=O) groups is 5. The Hall–Kier alpha value is -5.88. The number of hydrazine groups is 1. The average Bonchev–Trinajstić information content (AvgIpc) is 4.05. The number of benzene rings is 2. The third kappa shape index (κ3) is 11.5. The van der Waals surface area contributed by atoms with E-state index in [1.54, 1.807) is 39.6 Å². The molecule has 6 bridgehead atoms. The highest BCUT2D eigenvalue weighted by Crippen LogP contribution is 2.42. The molecule has 17 heteroatoms. The van der Waals surface area contributed by atoms with Gasteiger partial charge in [0, 0.05) is 95.6 Å². The van der Waals surface area contributed by atoms with Gasteiger partial charge in [-0.1, -0.05) is 39.8 Å². The fourth-order valence-corrected chi connectivity index (χ4v) is 10.1. The van der Waals surface area contributed by atoms with Gasteiger partial charge in [-0.15, -0.1) is 0 Å². The zero-order valence-corrected chi connectivity index (χ0v) is 42.5. The van der Waals surface area contributed by atoms with E-state index in [-0.39, 0.29) is 55.8 Å². The summed E-state index contributed by atoms with van der Waals surface area (Å²) in [5.41, 5.74) is 9.48. The lowest BCUT2D eigenvalue weighted by atomic mass is 9.84. The average molecular weight is 965 g/mol. The molecule has 0 radical (unpaired) electrons. The van der Waals surface area contributed by atoms with E-state index < -0.39 is 47.2 Å². The number of cyclic esters (lactones) is 1. The molecule has 378 valence electrons. The Bertz CT molecular complexity index is 2580. The predicted octanol–water partition coefficient (Wildman–Crippen LogP) is 5.11. The third-order valence-corrected chi connectivity index (χ3v) is 13.9. The number of fused-ring (bicyclic) bond motifs is 6. The van der Waals surface area contributed by atoms with Crippen LogP contribution >= 0.6 is 0 Å². The number of ether oxygens (including phenoxy) is 3. The maximum absolute atomic E-state index is 14.8. The number of likely N-dealkylation sites (N-methyl/N-ethyl adjacent to an activating group) is 2. The minimum Gasteiger partial charge on any atom is -0.508 e. The summed E-state index contributed by atoms with van der Waals surface area (Å²) in [6.07, 6.45) is 3.72. The fourth-order valence-electron chi connectivity index (χ4n) is 10.1. The molecule has 2 aromatic carbocycles. The Morgan fingerprint density at radius 1 is 1.06 bits per heavy atom. The fraction of sp³-hybridized carbons (Fsp3) is 0.547. The lowest BCUT2D eigenvalue weighted by Gasteiger charge is -2.37. The number of nitrogens with one attached hydrogen (secondary N) is 2. The second kappa shape index (κ2) is 22.0. The van der Waals surface area contributed by atoms with Gasteiger partial charge in [-0.25, -0.2) is 5.43 Å². The molecule has 4 aromatic rings. The normalized spacial score (nSPS) is 21.2. The van der Waals surface area contributed by atoms with Crippen molar-refractivity contribution >= 4 is 40.5 Å². The number of amides is 4. The minimum atomic E-state index is -1.19. The van der Waals surface area contributed by atoms with Crippen LogP contribution in [0.15, 0.2) is 54.7 Å². The number of nitrogens with zero attached hydrogens (tertiary/aromatic N) is 6. The van der Waals surface area contributed by atoms with Gasteiger partial charge >= 0.3 is 5.97 Å². The number of phenols is 1. The first kappa shape index (κ1) is 52.0. The van der Waals surface area contributed by atoms with Crippen LogP contribution in [0.25, 0.3) is 33.3 Å². The number of phenolic OH excluding ortho intramolecular Hbond substituents is 1. The van der Waals surface area contributed by atoms with E-state index in [0.717, 1.165) is 51.9 Å². The van der Waals surface area contributed by atoms with Crippen LogP contribution in [0.2, 0.25) is 0 Å². The number of esters is 1. The molecule has 4 amide bonds. The minimum absolute atomic E-state index is 0.0199. The van der Waals surface area contributed by atoms with Crippen LogP contribution in [0.3, 0.4) is 0 Å². The van der Waals surface area contributed by atoms with E-state index in [4.69, 9.17) is 19.2 Å². The van der Waals surface area contributed by atoms with Crippen molar-refractivity contribution < 1.29 is 43.3 Å². The van der Waals surface area contributed by atoms with Crippen molar-refractivity contribution in [3.8, 4) is 28.1 Å². The Labute approximate surface area is 411 Å². The number of aromatic hydroxyl groups is 1.